The summed E-state index contributed by atoms with van der Waals surface area (Å²) in [6, 6.07) is 0. The minimum atomic E-state index is 0.122. The van der Waals surface area contributed by atoms with Crippen LogP contribution in [-0.4, -0.2) is 50.2 Å². The van der Waals surface area contributed by atoms with Crippen molar-refractivity contribution in [3.05, 3.63) is 0 Å². The fraction of sp³-hybridized carbons (Fsp3) is 0.800. The van der Waals surface area contributed by atoms with Gasteiger partial charge >= 0.3 is 0 Å². The number of amidine groups is 1. The standard InChI is InChI=1S/C10H15N3O2/c1-2-8(10-12-3-4-13-10)15-7(1)9-5-11-6-14-9/h6-9H,1-5H2,(H,12,13). The van der Waals surface area contributed by atoms with E-state index in [1.54, 1.807) is 0 Å². The van der Waals surface area contributed by atoms with Crippen molar-refractivity contribution < 1.29 is 9.47 Å². The highest BCUT2D eigenvalue weighted by Crippen LogP contribution is 2.25. The SMILES string of the molecule is C1=NCC(C2CCC(C3=NCCN3)O2)O1. The highest BCUT2D eigenvalue weighted by atomic mass is 16.6. The van der Waals surface area contributed by atoms with Crippen LogP contribution in [0.2, 0.25) is 0 Å². The van der Waals surface area contributed by atoms with Gasteiger partial charge in [0.05, 0.1) is 19.2 Å². The van der Waals surface area contributed by atoms with Crippen LogP contribution in [0.15, 0.2) is 9.98 Å². The average molecular weight is 209 g/mol. The van der Waals surface area contributed by atoms with E-state index in [1.807, 2.05) is 0 Å². The fourth-order valence-corrected chi connectivity index (χ4v) is 2.29. The molecule has 82 valence electrons. The maximum absolute atomic E-state index is 5.93. The van der Waals surface area contributed by atoms with E-state index < -0.39 is 0 Å². The van der Waals surface area contributed by atoms with Gasteiger partial charge in [-0.3, -0.25) is 9.98 Å². The van der Waals surface area contributed by atoms with E-state index in [1.165, 1.54) is 6.40 Å². The van der Waals surface area contributed by atoms with Crippen LogP contribution < -0.4 is 5.32 Å². The molecule has 0 aromatic rings. The van der Waals surface area contributed by atoms with Gasteiger partial charge in [-0.1, -0.05) is 0 Å². The summed E-state index contributed by atoms with van der Waals surface area (Å²) in [6.45, 7) is 2.56. The lowest BCUT2D eigenvalue weighted by atomic mass is 10.1. The Labute approximate surface area is 88.6 Å². The molecule has 15 heavy (non-hydrogen) atoms. The maximum atomic E-state index is 5.93. The third-order valence-corrected chi connectivity index (χ3v) is 3.07. The third kappa shape index (κ3) is 1.71. The number of ether oxygens (including phenoxy) is 2. The molecule has 3 aliphatic heterocycles. The van der Waals surface area contributed by atoms with Crippen LogP contribution in [0.4, 0.5) is 0 Å². The molecule has 3 heterocycles. The van der Waals surface area contributed by atoms with E-state index in [0.717, 1.165) is 38.3 Å². The molecule has 5 heteroatoms. The quantitative estimate of drug-likeness (QED) is 0.694. The zero-order chi connectivity index (χ0) is 10.1. The average Bonchev–Trinajstić information content (AvgIpc) is 3.02. The van der Waals surface area contributed by atoms with Crippen LogP contribution in [0.3, 0.4) is 0 Å². The second-order valence-corrected chi connectivity index (χ2v) is 4.08. The largest absolute Gasteiger partial charge is 0.476 e. The summed E-state index contributed by atoms with van der Waals surface area (Å²) in [6.07, 6.45) is 4.07. The summed E-state index contributed by atoms with van der Waals surface area (Å²) in [5.41, 5.74) is 0. The Morgan fingerprint density at radius 1 is 1.33 bits per heavy atom. The number of rotatable bonds is 2. The number of hydrogen-bond donors (Lipinski definition) is 1. The van der Waals surface area contributed by atoms with Crippen molar-refractivity contribution in [3.63, 3.8) is 0 Å². The van der Waals surface area contributed by atoms with Gasteiger partial charge in [0, 0.05) is 6.54 Å². The summed E-state index contributed by atoms with van der Waals surface area (Å²) in [5, 5.41) is 3.26. The van der Waals surface area contributed by atoms with Gasteiger partial charge in [0.2, 0.25) is 0 Å². The van der Waals surface area contributed by atoms with Gasteiger partial charge in [-0.05, 0) is 12.8 Å². The predicted molar refractivity (Wildman–Crippen MR) is 56.4 cm³/mol. The Morgan fingerprint density at radius 3 is 3.07 bits per heavy atom. The molecule has 0 aromatic heterocycles. The Bertz CT molecular complexity index is 295. The molecular weight excluding hydrogens is 194 g/mol. The lowest BCUT2D eigenvalue weighted by molar-refractivity contribution is 0.00515. The second-order valence-electron chi connectivity index (χ2n) is 4.08. The smallest absolute Gasteiger partial charge is 0.170 e. The molecule has 1 fully saturated rings. The van der Waals surface area contributed by atoms with Crippen molar-refractivity contribution in [2.24, 2.45) is 9.98 Å². The molecular formula is C10H15N3O2. The second kappa shape index (κ2) is 3.81. The normalized spacial score (nSPS) is 38.9. The van der Waals surface area contributed by atoms with Crippen LogP contribution in [0, 0.1) is 0 Å². The minimum absolute atomic E-state index is 0.122. The number of nitrogens with one attached hydrogen (secondary N) is 1. The van der Waals surface area contributed by atoms with Gasteiger partial charge in [-0.2, -0.15) is 0 Å². The summed E-state index contributed by atoms with van der Waals surface area (Å²) in [5.74, 6) is 1.02. The van der Waals surface area contributed by atoms with Gasteiger partial charge in [0.25, 0.3) is 0 Å². The van der Waals surface area contributed by atoms with Crippen molar-refractivity contribution in [3.8, 4) is 0 Å². The predicted octanol–water partition coefficient (Wildman–Crippen LogP) is -0.0372. The van der Waals surface area contributed by atoms with Crippen molar-refractivity contribution in [1.29, 1.82) is 0 Å². The van der Waals surface area contributed by atoms with Gasteiger partial charge in [-0.15, -0.1) is 0 Å². The Morgan fingerprint density at radius 2 is 2.33 bits per heavy atom. The highest BCUT2D eigenvalue weighted by Gasteiger charge is 2.36. The Balaban J connectivity index is 1.58. The zero-order valence-electron chi connectivity index (χ0n) is 8.56. The van der Waals surface area contributed by atoms with Crippen LogP contribution in [0.25, 0.3) is 0 Å². The first-order chi connectivity index (χ1) is 7.43. The molecule has 0 aromatic carbocycles. The first-order valence-corrected chi connectivity index (χ1v) is 5.51. The molecule has 5 nitrogen and oxygen atoms in total. The lowest BCUT2D eigenvalue weighted by Gasteiger charge is -2.18. The zero-order valence-corrected chi connectivity index (χ0v) is 8.56. The molecule has 3 unspecified atom stereocenters. The number of nitrogens with zero attached hydrogens (tertiary/aromatic N) is 2. The molecule has 1 saturated heterocycles. The molecule has 0 aliphatic carbocycles. The van der Waals surface area contributed by atoms with E-state index in [4.69, 9.17) is 9.47 Å². The Kier molecular flexibility index (Phi) is 2.32. The molecule has 0 radical (unpaired) electrons. The first kappa shape index (κ1) is 9.15. The third-order valence-electron chi connectivity index (χ3n) is 3.07. The van der Waals surface area contributed by atoms with E-state index in [9.17, 15) is 0 Å². The fourth-order valence-electron chi connectivity index (χ4n) is 2.29. The summed E-state index contributed by atoms with van der Waals surface area (Å²) >= 11 is 0. The van der Waals surface area contributed by atoms with Gasteiger partial charge < -0.3 is 14.8 Å². The van der Waals surface area contributed by atoms with E-state index in [2.05, 4.69) is 15.3 Å². The molecule has 3 aliphatic rings. The highest BCUT2D eigenvalue weighted by molar-refractivity contribution is 5.88. The Hall–Kier alpha value is -1.10. The molecule has 0 bridgehead atoms. The monoisotopic (exact) mass is 209 g/mol. The molecule has 0 amide bonds. The minimum Gasteiger partial charge on any atom is -0.476 e. The van der Waals surface area contributed by atoms with Crippen LogP contribution in [0.5, 0.6) is 0 Å². The molecule has 0 saturated carbocycles. The van der Waals surface area contributed by atoms with E-state index >= 15 is 0 Å². The molecule has 0 spiro atoms. The summed E-state index contributed by atoms with van der Waals surface area (Å²) in [4.78, 5) is 8.45. The summed E-state index contributed by atoms with van der Waals surface area (Å²) < 4.78 is 11.3. The van der Waals surface area contributed by atoms with Gasteiger partial charge in [0.1, 0.15) is 18.0 Å². The topological polar surface area (TPSA) is 55.2 Å². The van der Waals surface area contributed by atoms with Crippen LogP contribution >= 0.6 is 0 Å². The number of hydrogen-bond acceptors (Lipinski definition) is 5. The molecule has 1 N–H and O–H groups in total. The number of aliphatic imine (C=N–C) groups is 2. The van der Waals surface area contributed by atoms with Crippen molar-refractivity contribution in [2.45, 2.75) is 31.2 Å². The van der Waals surface area contributed by atoms with E-state index in [0.29, 0.717) is 0 Å². The molecule has 3 atom stereocenters. The van der Waals surface area contributed by atoms with Crippen LogP contribution in [-0.2, 0) is 9.47 Å². The van der Waals surface area contributed by atoms with Crippen LogP contribution in [0.1, 0.15) is 12.8 Å². The molecule has 3 rings (SSSR count). The first-order valence-electron chi connectivity index (χ1n) is 5.51. The van der Waals surface area contributed by atoms with Gasteiger partial charge in [-0.25, -0.2) is 0 Å². The summed E-state index contributed by atoms with van der Waals surface area (Å²) in [7, 11) is 0. The van der Waals surface area contributed by atoms with Crippen molar-refractivity contribution in [2.75, 3.05) is 19.6 Å². The maximum Gasteiger partial charge on any atom is 0.170 e. The van der Waals surface area contributed by atoms with E-state index in [-0.39, 0.29) is 18.3 Å². The lowest BCUT2D eigenvalue weighted by Crippen LogP contribution is -2.34. The van der Waals surface area contributed by atoms with Gasteiger partial charge in [0.15, 0.2) is 6.40 Å². The van der Waals surface area contributed by atoms with Crippen molar-refractivity contribution in [1.82, 2.24) is 5.32 Å². The van der Waals surface area contributed by atoms with Crippen molar-refractivity contribution >= 4 is 12.2 Å².